The van der Waals surface area contributed by atoms with Crippen molar-refractivity contribution in [3.63, 3.8) is 0 Å². The molecule has 2 nitrogen and oxygen atoms in total. The molecule has 20 heavy (non-hydrogen) atoms. The second-order valence-corrected chi connectivity index (χ2v) is 6.25. The van der Waals surface area contributed by atoms with Gasteiger partial charge in [0.25, 0.3) is 0 Å². The Balaban J connectivity index is 1.89. The van der Waals surface area contributed by atoms with E-state index in [4.69, 9.17) is 5.73 Å². The molecule has 0 aliphatic carbocycles. The van der Waals surface area contributed by atoms with E-state index in [2.05, 4.69) is 43.1 Å². The van der Waals surface area contributed by atoms with Crippen molar-refractivity contribution in [2.24, 2.45) is 5.73 Å². The molecule has 2 N–H and O–H groups in total. The number of hydrogen-bond acceptors (Lipinski definition) is 3. The average Bonchev–Trinajstić information content (AvgIpc) is 2.88. The third-order valence-electron chi connectivity index (χ3n) is 3.78. The fourth-order valence-corrected chi connectivity index (χ4v) is 3.37. The molecule has 0 amide bonds. The van der Waals surface area contributed by atoms with Crippen LogP contribution in [-0.4, -0.2) is 4.98 Å². The summed E-state index contributed by atoms with van der Waals surface area (Å²) in [6.45, 7) is 4.30. The van der Waals surface area contributed by atoms with E-state index in [1.807, 2.05) is 18.2 Å². The van der Waals surface area contributed by atoms with E-state index in [0.29, 0.717) is 0 Å². The van der Waals surface area contributed by atoms with Gasteiger partial charge in [0.2, 0.25) is 0 Å². The molecule has 1 heterocycles. The van der Waals surface area contributed by atoms with Crippen LogP contribution in [0.15, 0.2) is 42.5 Å². The second kappa shape index (κ2) is 5.35. The lowest BCUT2D eigenvalue weighted by molar-refractivity contribution is 0.713. The molecule has 0 fully saturated rings. The van der Waals surface area contributed by atoms with Gasteiger partial charge in [0, 0.05) is 0 Å². The minimum atomic E-state index is -0.0344. The number of hydrogen-bond donors (Lipinski definition) is 1. The van der Waals surface area contributed by atoms with Crippen molar-refractivity contribution in [3.05, 3.63) is 64.2 Å². The molecule has 0 aliphatic heterocycles. The number of thiazole rings is 1. The van der Waals surface area contributed by atoms with Crippen LogP contribution in [0.4, 0.5) is 0 Å². The van der Waals surface area contributed by atoms with Gasteiger partial charge >= 0.3 is 0 Å². The Morgan fingerprint density at radius 1 is 1.10 bits per heavy atom. The molecule has 3 rings (SSSR count). The Morgan fingerprint density at radius 3 is 2.70 bits per heavy atom. The van der Waals surface area contributed by atoms with Crippen molar-refractivity contribution in [1.82, 2.24) is 4.98 Å². The highest BCUT2D eigenvalue weighted by molar-refractivity contribution is 7.18. The van der Waals surface area contributed by atoms with Crippen LogP contribution < -0.4 is 5.73 Å². The average molecular weight is 282 g/mol. The molecule has 0 bridgehead atoms. The maximum atomic E-state index is 6.36. The Kier molecular flexibility index (Phi) is 3.55. The topological polar surface area (TPSA) is 38.9 Å². The molecule has 1 aromatic heterocycles. The zero-order chi connectivity index (χ0) is 14.1. The Labute approximate surface area is 123 Å². The highest BCUT2D eigenvalue weighted by Crippen LogP contribution is 2.27. The maximum absolute atomic E-state index is 6.36. The van der Waals surface area contributed by atoms with Crippen molar-refractivity contribution < 1.29 is 0 Å². The minimum Gasteiger partial charge on any atom is -0.322 e. The molecule has 1 unspecified atom stereocenters. The lowest BCUT2D eigenvalue weighted by atomic mass is 9.98. The summed E-state index contributed by atoms with van der Waals surface area (Å²) >= 11 is 1.70. The SMILES string of the molecule is Cc1cccc(CC(N)c2nc3ccccc3s2)c1C. The first-order valence-electron chi connectivity index (χ1n) is 6.81. The molecule has 1 atom stereocenters. The number of para-hydroxylation sites is 1. The van der Waals surface area contributed by atoms with Crippen LogP contribution in [0.2, 0.25) is 0 Å². The van der Waals surface area contributed by atoms with Gasteiger partial charge in [0.15, 0.2) is 0 Å². The van der Waals surface area contributed by atoms with Gasteiger partial charge < -0.3 is 5.73 Å². The van der Waals surface area contributed by atoms with Crippen molar-refractivity contribution >= 4 is 21.6 Å². The summed E-state index contributed by atoms with van der Waals surface area (Å²) in [7, 11) is 0. The molecule has 0 spiro atoms. The number of nitrogens with zero attached hydrogens (tertiary/aromatic N) is 1. The normalized spacial score (nSPS) is 12.8. The monoisotopic (exact) mass is 282 g/mol. The van der Waals surface area contributed by atoms with Gasteiger partial charge in [-0.15, -0.1) is 11.3 Å². The zero-order valence-electron chi connectivity index (χ0n) is 11.8. The summed E-state index contributed by atoms with van der Waals surface area (Å²) < 4.78 is 1.21. The summed E-state index contributed by atoms with van der Waals surface area (Å²) in [5.74, 6) is 0. The van der Waals surface area contributed by atoms with Crippen LogP contribution in [0.25, 0.3) is 10.2 Å². The first-order chi connectivity index (χ1) is 9.65. The number of fused-ring (bicyclic) bond motifs is 1. The van der Waals surface area contributed by atoms with Crippen LogP contribution >= 0.6 is 11.3 Å². The van der Waals surface area contributed by atoms with Gasteiger partial charge in [-0.25, -0.2) is 4.98 Å². The molecule has 3 heteroatoms. The Bertz CT molecular complexity index is 713. The van der Waals surface area contributed by atoms with Crippen LogP contribution in [-0.2, 0) is 6.42 Å². The summed E-state index contributed by atoms with van der Waals surface area (Å²) in [4.78, 5) is 4.65. The van der Waals surface area contributed by atoms with E-state index in [0.717, 1.165) is 16.9 Å². The van der Waals surface area contributed by atoms with Gasteiger partial charge in [-0.2, -0.15) is 0 Å². The van der Waals surface area contributed by atoms with Gasteiger partial charge in [-0.3, -0.25) is 0 Å². The third-order valence-corrected chi connectivity index (χ3v) is 4.95. The molecule has 2 aromatic carbocycles. The van der Waals surface area contributed by atoms with E-state index >= 15 is 0 Å². The molecule has 0 saturated heterocycles. The quantitative estimate of drug-likeness (QED) is 0.783. The van der Waals surface area contributed by atoms with E-state index in [9.17, 15) is 0 Å². The Morgan fingerprint density at radius 2 is 1.90 bits per heavy atom. The minimum absolute atomic E-state index is 0.0344. The lowest BCUT2D eigenvalue weighted by Crippen LogP contribution is -2.13. The van der Waals surface area contributed by atoms with Gasteiger partial charge in [-0.05, 0) is 49.1 Å². The summed E-state index contributed by atoms with van der Waals surface area (Å²) in [5.41, 5.74) is 11.4. The fraction of sp³-hybridized carbons (Fsp3) is 0.235. The fourth-order valence-electron chi connectivity index (χ4n) is 2.41. The van der Waals surface area contributed by atoms with Crippen molar-refractivity contribution in [1.29, 1.82) is 0 Å². The number of aromatic nitrogens is 1. The summed E-state index contributed by atoms with van der Waals surface area (Å²) in [6, 6.07) is 14.6. The van der Waals surface area contributed by atoms with Gasteiger partial charge in [0.1, 0.15) is 5.01 Å². The summed E-state index contributed by atoms with van der Waals surface area (Å²) in [6.07, 6.45) is 0.841. The second-order valence-electron chi connectivity index (χ2n) is 5.19. The molecular weight excluding hydrogens is 264 g/mol. The smallest absolute Gasteiger partial charge is 0.111 e. The highest BCUT2D eigenvalue weighted by atomic mass is 32.1. The number of aryl methyl sites for hydroxylation is 1. The molecule has 102 valence electrons. The maximum Gasteiger partial charge on any atom is 0.111 e. The number of nitrogens with two attached hydrogens (primary N) is 1. The predicted octanol–water partition coefficient (Wildman–Crippen LogP) is 4.16. The van der Waals surface area contributed by atoms with Crippen molar-refractivity contribution in [2.45, 2.75) is 26.3 Å². The van der Waals surface area contributed by atoms with E-state index in [1.165, 1.54) is 21.4 Å². The standard InChI is InChI=1S/C17H18N2S/c1-11-6-5-7-13(12(11)2)10-14(18)17-19-15-8-3-4-9-16(15)20-17/h3-9,14H,10,18H2,1-2H3. The van der Waals surface area contributed by atoms with Gasteiger partial charge in [-0.1, -0.05) is 30.3 Å². The number of benzene rings is 2. The third kappa shape index (κ3) is 2.47. The van der Waals surface area contributed by atoms with Gasteiger partial charge in [0.05, 0.1) is 16.3 Å². The highest BCUT2D eigenvalue weighted by Gasteiger charge is 2.14. The largest absolute Gasteiger partial charge is 0.322 e. The first kappa shape index (κ1) is 13.3. The lowest BCUT2D eigenvalue weighted by Gasteiger charge is -2.12. The number of rotatable bonds is 3. The molecule has 3 aromatic rings. The first-order valence-corrected chi connectivity index (χ1v) is 7.63. The van der Waals surface area contributed by atoms with E-state index in [-0.39, 0.29) is 6.04 Å². The molecule has 0 saturated carbocycles. The predicted molar refractivity (Wildman–Crippen MR) is 86.2 cm³/mol. The summed E-state index contributed by atoms with van der Waals surface area (Å²) in [5, 5.41) is 1.02. The molecule has 0 radical (unpaired) electrons. The van der Waals surface area contributed by atoms with Crippen LogP contribution in [0.3, 0.4) is 0 Å². The van der Waals surface area contributed by atoms with Crippen LogP contribution in [0, 0.1) is 13.8 Å². The van der Waals surface area contributed by atoms with Crippen molar-refractivity contribution in [3.8, 4) is 0 Å². The zero-order valence-corrected chi connectivity index (χ0v) is 12.6. The molecule has 0 aliphatic rings. The van der Waals surface area contributed by atoms with Crippen LogP contribution in [0.1, 0.15) is 27.7 Å². The Hall–Kier alpha value is -1.71. The van der Waals surface area contributed by atoms with E-state index < -0.39 is 0 Å². The molecular formula is C17H18N2S. The van der Waals surface area contributed by atoms with Crippen LogP contribution in [0.5, 0.6) is 0 Å². The van der Waals surface area contributed by atoms with Crippen molar-refractivity contribution in [2.75, 3.05) is 0 Å². The van der Waals surface area contributed by atoms with E-state index in [1.54, 1.807) is 11.3 Å².